The molecule has 2 aromatic rings. The summed E-state index contributed by atoms with van der Waals surface area (Å²) in [6, 6.07) is 12.4. The van der Waals surface area contributed by atoms with Crippen LogP contribution < -0.4 is 0 Å². The number of carbonyl (C=O) groups excluding carboxylic acids is 1. The number of aromatic nitrogens is 1. The molecule has 1 saturated heterocycles. The van der Waals surface area contributed by atoms with Gasteiger partial charge in [-0.2, -0.15) is 0 Å². The summed E-state index contributed by atoms with van der Waals surface area (Å²) in [5.74, 6) is 1.09. The molecule has 5 atom stereocenters. The number of carbonyl (C=O) groups is 1. The van der Waals surface area contributed by atoms with E-state index in [4.69, 9.17) is 9.72 Å². The number of esters is 1. The summed E-state index contributed by atoms with van der Waals surface area (Å²) in [5.41, 5.74) is 3.50. The standard InChI is InChI=1S/C25H27NO2/c1-2-23-24-20(14-13-18-12-11-16-7-4-6-10-22(16)26-18)19-9-5-3-8-17(19)15-21(24)25(27)28-23/h4,6-7,10-15,19-21,23-24H,2-3,5,8-9H2,1H3/b14-13+/t19-,20+,21-,23-,24+/m1/s1. The predicted octanol–water partition coefficient (Wildman–Crippen LogP) is 5.56. The van der Waals surface area contributed by atoms with E-state index in [1.165, 1.54) is 24.8 Å². The zero-order valence-corrected chi connectivity index (χ0v) is 16.4. The Balaban J connectivity index is 1.50. The Morgan fingerprint density at radius 3 is 2.96 bits per heavy atom. The topological polar surface area (TPSA) is 39.2 Å². The molecule has 3 nitrogen and oxygen atoms in total. The maximum absolute atomic E-state index is 12.5. The molecule has 144 valence electrons. The summed E-state index contributed by atoms with van der Waals surface area (Å²) in [6.45, 7) is 2.13. The minimum atomic E-state index is -0.0616. The van der Waals surface area contributed by atoms with Gasteiger partial charge in [-0.25, -0.2) is 4.98 Å². The number of fused-ring (bicyclic) bond motifs is 3. The second-order valence-corrected chi connectivity index (χ2v) is 8.45. The van der Waals surface area contributed by atoms with Gasteiger partial charge in [-0.05, 0) is 55.7 Å². The Kier molecular flexibility index (Phi) is 4.54. The Labute approximate surface area is 166 Å². The molecule has 1 aromatic carbocycles. The summed E-state index contributed by atoms with van der Waals surface area (Å²) in [5, 5.41) is 1.16. The molecular formula is C25H27NO2. The molecule has 2 heterocycles. The Morgan fingerprint density at radius 1 is 1.18 bits per heavy atom. The molecule has 0 spiro atoms. The molecule has 0 amide bonds. The van der Waals surface area contributed by atoms with Gasteiger partial charge in [-0.1, -0.05) is 55.3 Å². The van der Waals surface area contributed by atoms with Crippen molar-refractivity contribution in [3.8, 4) is 0 Å². The van der Waals surface area contributed by atoms with Crippen LogP contribution in [0.2, 0.25) is 0 Å². The van der Waals surface area contributed by atoms with E-state index in [9.17, 15) is 4.79 Å². The number of para-hydroxylation sites is 1. The first-order valence-electron chi connectivity index (χ1n) is 10.7. The molecule has 1 aromatic heterocycles. The van der Waals surface area contributed by atoms with E-state index in [0.717, 1.165) is 29.4 Å². The third kappa shape index (κ3) is 2.97. The smallest absolute Gasteiger partial charge is 0.313 e. The van der Waals surface area contributed by atoms with Crippen molar-refractivity contribution < 1.29 is 9.53 Å². The van der Waals surface area contributed by atoms with Crippen molar-refractivity contribution in [3.63, 3.8) is 0 Å². The number of hydrogen-bond acceptors (Lipinski definition) is 3. The molecule has 1 aliphatic heterocycles. The van der Waals surface area contributed by atoms with Crippen molar-refractivity contribution in [2.45, 2.75) is 45.1 Å². The van der Waals surface area contributed by atoms with Crippen molar-refractivity contribution in [3.05, 3.63) is 59.8 Å². The van der Waals surface area contributed by atoms with Gasteiger partial charge in [-0.3, -0.25) is 4.79 Å². The van der Waals surface area contributed by atoms with Gasteiger partial charge in [0.15, 0.2) is 0 Å². The molecule has 0 N–H and O–H groups in total. The van der Waals surface area contributed by atoms with Gasteiger partial charge >= 0.3 is 5.97 Å². The number of benzene rings is 1. The van der Waals surface area contributed by atoms with Crippen molar-refractivity contribution in [2.24, 2.45) is 23.7 Å². The quantitative estimate of drug-likeness (QED) is 0.522. The fourth-order valence-corrected chi connectivity index (χ4v) is 5.57. The van der Waals surface area contributed by atoms with Crippen LogP contribution in [0.3, 0.4) is 0 Å². The lowest BCUT2D eigenvalue weighted by Crippen LogP contribution is -2.37. The molecule has 3 aliphatic rings. The monoisotopic (exact) mass is 373 g/mol. The number of rotatable bonds is 3. The zero-order valence-electron chi connectivity index (χ0n) is 16.4. The maximum Gasteiger partial charge on any atom is 0.313 e. The van der Waals surface area contributed by atoms with E-state index >= 15 is 0 Å². The minimum Gasteiger partial charge on any atom is -0.462 e. The van der Waals surface area contributed by atoms with Crippen LogP contribution in [0.15, 0.2) is 54.1 Å². The molecule has 3 heteroatoms. The highest BCUT2D eigenvalue weighted by atomic mass is 16.6. The van der Waals surface area contributed by atoms with Crippen molar-refractivity contribution in [2.75, 3.05) is 0 Å². The summed E-state index contributed by atoms with van der Waals surface area (Å²) >= 11 is 0. The lowest BCUT2D eigenvalue weighted by atomic mass is 9.62. The van der Waals surface area contributed by atoms with Crippen LogP contribution in [0.4, 0.5) is 0 Å². The average molecular weight is 373 g/mol. The lowest BCUT2D eigenvalue weighted by Gasteiger charge is -2.41. The number of pyridine rings is 1. The molecule has 2 aliphatic carbocycles. The summed E-state index contributed by atoms with van der Waals surface area (Å²) in [6.07, 6.45) is 12.6. The normalized spacial score (nSPS) is 32.1. The van der Waals surface area contributed by atoms with E-state index in [2.05, 4.69) is 49.4 Å². The number of cyclic esters (lactones) is 1. The third-order valence-corrected chi connectivity index (χ3v) is 6.90. The van der Waals surface area contributed by atoms with Crippen molar-refractivity contribution in [1.82, 2.24) is 4.98 Å². The summed E-state index contributed by atoms with van der Waals surface area (Å²) < 4.78 is 5.77. The van der Waals surface area contributed by atoms with E-state index in [0.29, 0.717) is 11.8 Å². The Bertz CT molecular complexity index is 960. The SMILES string of the molecule is CC[C@H]1OC(=O)[C@@H]2C=C3CCCC[C@H]3[C@H](/C=C/c3ccc4ccccc4n3)[C@H]12. The fraction of sp³-hybridized carbons (Fsp3) is 0.440. The Hall–Kier alpha value is -2.42. The first-order chi connectivity index (χ1) is 13.7. The number of ether oxygens (including phenoxy) is 1. The van der Waals surface area contributed by atoms with E-state index < -0.39 is 0 Å². The maximum atomic E-state index is 12.5. The van der Waals surface area contributed by atoms with Gasteiger partial charge in [0, 0.05) is 11.3 Å². The number of nitrogens with zero attached hydrogens (tertiary/aromatic N) is 1. The molecular weight excluding hydrogens is 346 g/mol. The highest BCUT2D eigenvalue weighted by molar-refractivity contribution is 5.80. The van der Waals surface area contributed by atoms with Gasteiger partial charge in [0.05, 0.1) is 17.1 Å². The lowest BCUT2D eigenvalue weighted by molar-refractivity contribution is -0.143. The third-order valence-electron chi connectivity index (χ3n) is 6.90. The van der Waals surface area contributed by atoms with E-state index in [1.807, 2.05) is 12.1 Å². The summed E-state index contributed by atoms with van der Waals surface area (Å²) in [4.78, 5) is 17.3. The van der Waals surface area contributed by atoms with Crippen molar-refractivity contribution >= 4 is 22.9 Å². The highest BCUT2D eigenvalue weighted by Crippen LogP contribution is 2.50. The molecule has 1 saturated carbocycles. The van der Waals surface area contributed by atoms with Gasteiger partial charge in [0.1, 0.15) is 6.10 Å². The van der Waals surface area contributed by atoms with Crippen LogP contribution in [-0.4, -0.2) is 17.1 Å². The first-order valence-corrected chi connectivity index (χ1v) is 10.7. The molecule has 28 heavy (non-hydrogen) atoms. The highest BCUT2D eigenvalue weighted by Gasteiger charge is 2.51. The second kappa shape index (κ2) is 7.20. The molecule has 5 rings (SSSR count). The van der Waals surface area contributed by atoms with E-state index in [-0.39, 0.29) is 23.9 Å². The van der Waals surface area contributed by atoms with Gasteiger partial charge in [0.2, 0.25) is 0 Å². The minimum absolute atomic E-state index is 0.0180. The van der Waals surface area contributed by atoms with Crippen LogP contribution in [-0.2, 0) is 9.53 Å². The van der Waals surface area contributed by atoms with Crippen LogP contribution in [0, 0.1) is 23.7 Å². The van der Waals surface area contributed by atoms with Crippen LogP contribution in [0.1, 0.15) is 44.7 Å². The van der Waals surface area contributed by atoms with Crippen LogP contribution in [0.25, 0.3) is 17.0 Å². The van der Waals surface area contributed by atoms with Gasteiger partial charge in [-0.15, -0.1) is 0 Å². The zero-order chi connectivity index (χ0) is 19.1. The van der Waals surface area contributed by atoms with E-state index in [1.54, 1.807) is 0 Å². The van der Waals surface area contributed by atoms with Gasteiger partial charge in [0.25, 0.3) is 0 Å². The Morgan fingerprint density at radius 2 is 2.07 bits per heavy atom. The average Bonchev–Trinajstić information content (AvgIpc) is 3.06. The molecule has 0 unspecified atom stereocenters. The molecule has 0 bridgehead atoms. The predicted molar refractivity (Wildman–Crippen MR) is 111 cm³/mol. The largest absolute Gasteiger partial charge is 0.462 e. The van der Waals surface area contributed by atoms with Crippen LogP contribution >= 0.6 is 0 Å². The number of allylic oxidation sites excluding steroid dienone is 2. The van der Waals surface area contributed by atoms with Crippen molar-refractivity contribution in [1.29, 1.82) is 0 Å². The molecule has 2 fully saturated rings. The number of hydrogen-bond donors (Lipinski definition) is 0. The molecule has 0 radical (unpaired) electrons. The first kappa shape index (κ1) is 17.7. The van der Waals surface area contributed by atoms with Gasteiger partial charge < -0.3 is 4.74 Å². The second-order valence-electron chi connectivity index (χ2n) is 8.45. The fourth-order valence-electron chi connectivity index (χ4n) is 5.57. The van der Waals surface area contributed by atoms with Crippen LogP contribution in [0.5, 0.6) is 0 Å². The summed E-state index contributed by atoms with van der Waals surface area (Å²) in [7, 11) is 0.